The average Bonchev–Trinajstić information content (AvgIpc) is 2.32. The Labute approximate surface area is 100 Å². The third-order valence-electron chi connectivity index (χ3n) is 2.10. The lowest BCUT2D eigenvalue weighted by Gasteiger charge is -2.11. The zero-order chi connectivity index (χ0) is 11.8. The summed E-state index contributed by atoms with van der Waals surface area (Å²) >= 11 is 5.59. The molecule has 0 radical (unpaired) electrons. The fourth-order valence-corrected chi connectivity index (χ4v) is 1.50. The van der Waals surface area contributed by atoms with Crippen molar-refractivity contribution in [2.75, 3.05) is 26.2 Å². The molecule has 1 aromatic rings. The second kappa shape index (κ2) is 7.33. The second-order valence-corrected chi connectivity index (χ2v) is 3.76. The molecule has 0 aliphatic carbocycles. The molecular formula is C11H16ClN3O. The SMILES string of the molecule is C1CNCCN1.CC(=O)c1cccnc1Cl. The molecule has 88 valence electrons. The molecule has 1 saturated heterocycles. The van der Waals surface area contributed by atoms with Crippen LogP contribution in [0.3, 0.4) is 0 Å². The molecule has 1 aliphatic rings. The zero-order valence-corrected chi connectivity index (χ0v) is 10.0. The molecule has 16 heavy (non-hydrogen) atoms. The molecule has 5 heteroatoms. The minimum atomic E-state index is -0.0573. The molecule has 0 amide bonds. The van der Waals surface area contributed by atoms with Crippen molar-refractivity contribution in [3.05, 3.63) is 29.0 Å². The van der Waals surface area contributed by atoms with E-state index >= 15 is 0 Å². The summed E-state index contributed by atoms with van der Waals surface area (Å²) in [5.41, 5.74) is 0.476. The van der Waals surface area contributed by atoms with Crippen molar-refractivity contribution in [3.63, 3.8) is 0 Å². The Morgan fingerprint density at radius 2 is 1.88 bits per heavy atom. The van der Waals surface area contributed by atoms with Crippen LogP contribution in [0.25, 0.3) is 0 Å². The van der Waals surface area contributed by atoms with E-state index in [0.717, 1.165) is 26.2 Å². The number of hydrogen-bond acceptors (Lipinski definition) is 4. The number of carbonyl (C=O) groups excluding carboxylic acids is 1. The first-order valence-electron chi connectivity index (χ1n) is 5.24. The fourth-order valence-electron chi connectivity index (χ4n) is 1.25. The van der Waals surface area contributed by atoms with E-state index in [0.29, 0.717) is 5.56 Å². The van der Waals surface area contributed by atoms with E-state index in [9.17, 15) is 4.79 Å². The summed E-state index contributed by atoms with van der Waals surface area (Å²) in [7, 11) is 0. The van der Waals surface area contributed by atoms with Crippen molar-refractivity contribution in [2.45, 2.75) is 6.92 Å². The predicted molar refractivity (Wildman–Crippen MR) is 65.0 cm³/mol. The summed E-state index contributed by atoms with van der Waals surface area (Å²) in [6, 6.07) is 3.33. The minimum Gasteiger partial charge on any atom is -0.314 e. The van der Waals surface area contributed by atoms with Crippen molar-refractivity contribution >= 4 is 17.4 Å². The fraction of sp³-hybridized carbons (Fsp3) is 0.455. The molecule has 1 aliphatic heterocycles. The van der Waals surface area contributed by atoms with Crippen LogP contribution in [0, 0.1) is 0 Å². The van der Waals surface area contributed by atoms with Gasteiger partial charge in [-0.3, -0.25) is 4.79 Å². The van der Waals surface area contributed by atoms with Gasteiger partial charge in [0, 0.05) is 32.4 Å². The zero-order valence-electron chi connectivity index (χ0n) is 9.29. The maximum absolute atomic E-state index is 10.7. The molecule has 0 aromatic carbocycles. The smallest absolute Gasteiger partial charge is 0.162 e. The van der Waals surface area contributed by atoms with Crippen molar-refractivity contribution in [1.29, 1.82) is 0 Å². The van der Waals surface area contributed by atoms with Crippen LogP contribution in [0.5, 0.6) is 0 Å². The Balaban J connectivity index is 0.000000181. The normalized spacial score (nSPS) is 14.9. The lowest BCUT2D eigenvalue weighted by Crippen LogP contribution is -2.39. The largest absolute Gasteiger partial charge is 0.314 e. The molecule has 2 heterocycles. The molecule has 0 unspecified atom stereocenters. The average molecular weight is 242 g/mol. The summed E-state index contributed by atoms with van der Waals surface area (Å²) in [5, 5.41) is 6.72. The van der Waals surface area contributed by atoms with Gasteiger partial charge in [-0.1, -0.05) is 11.6 Å². The summed E-state index contributed by atoms with van der Waals surface area (Å²) in [6.07, 6.45) is 1.55. The van der Waals surface area contributed by atoms with E-state index in [4.69, 9.17) is 11.6 Å². The highest BCUT2D eigenvalue weighted by molar-refractivity contribution is 6.32. The van der Waals surface area contributed by atoms with Gasteiger partial charge in [-0.2, -0.15) is 0 Å². The summed E-state index contributed by atoms with van der Waals surface area (Å²) < 4.78 is 0. The first-order valence-corrected chi connectivity index (χ1v) is 5.62. The Hall–Kier alpha value is -0.970. The van der Waals surface area contributed by atoms with E-state index in [-0.39, 0.29) is 10.9 Å². The van der Waals surface area contributed by atoms with Gasteiger partial charge in [-0.15, -0.1) is 0 Å². The lowest BCUT2D eigenvalue weighted by molar-refractivity contribution is 0.101. The second-order valence-electron chi connectivity index (χ2n) is 3.40. The maximum Gasteiger partial charge on any atom is 0.162 e. The van der Waals surface area contributed by atoms with Gasteiger partial charge < -0.3 is 10.6 Å². The Morgan fingerprint density at radius 1 is 1.31 bits per heavy atom. The minimum absolute atomic E-state index is 0.0573. The van der Waals surface area contributed by atoms with Gasteiger partial charge >= 0.3 is 0 Å². The summed E-state index contributed by atoms with van der Waals surface area (Å²) in [6.45, 7) is 6.02. The van der Waals surface area contributed by atoms with Gasteiger partial charge in [0.15, 0.2) is 5.78 Å². The van der Waals surface area contributed by atoms with E-state index < -0.39 is 0 Å². The number of carbonyl (C=O) groups is 1. The van der Waals surface area contributed by atoms with Crippen LogP contribution in [0.4, 0.5) is 0 Å². The third kappa shape index (κ3) is 4.70. The Kier molecular flexibility index (Phi) is 6.00. The Bertz CT molecular complexity index is 328. The molecule has 4 nitrogen and oxygen atoms in total. The van der Waals surface area contributed by atoms with Gasteiger partial charge in [-0.05, 0) is 19.1 Å². The third-order valence-corrected chi connectivity index (χ3v) is 2.40. The number of pyridine rings is 1. The highest BCUT2D eigenvalue weighted by atomic mass is 35.5. The standard InChI is InChI=1S/C7H6ClNO.C4H10N2/c1-5(10)6-3-2-4-9-7(6)8;1-2-6-4-3-5-1/h2-4H,1H3;5-6H,1-4H2. The van der Waals surface area contributed by atoms with Gasteiger partial charge in [-0.25, -0.2) is 4.98 Å². The van der Waals surface area contributed by atoms with E-state index in [1.165, 1.54) is 6.92 Å². The molecule has 1 fully saturated rings. The molecule has 1 aromatic heterocycles. The molecule has 0 saturated carbocycles. The number of aromatic nitrogens is 1. The Morgan fingerprint density at radius 3 is 2.19 bits per heavy atom. The van der Waals surface area contributed by atoms with Gasteiger partial charge in [0.05, 0.1) is 5.56 Å². The highest BCUT2D eigenvalue weighted by Gasteiger charge is 2.03. The topological polar surface area (TPSA) is 54.0 Å². The number of nitrogens with zero attached hydrogens (tertiary/aromatic N) is 1. The van der Waals surface area contributed by atoms with Crippen molar-refractivity contribution in [1.82, 2.24) is 15.6 Å². The number of hydrogen-bond donors (Lipinski definition) is 2. The van der Waals surface area contributed by atoms with Crippen LogP contribution in [0.1, 0.15) is 17.3 Å². The number of Topliss-reactive ketones (excluding diaryl/α,β-unsaturated/α-hetero) is 1. The number of nitrogens with one attached hydrogen (secondary N) is 2. The predicted octanol–water partition coefficient (Wildman–Crippen LogP) is 1.12. The van der Waals surface area contributed by atoms with Crippen molar-refractivity contribution in [3.8, 4) is 0 Å². The van der Waals surface area contributed by atoms with Crippen LogP contribution in [-0.2, 0) is 0 Å². The molecule has 2 rings (SSSR count). The van der Waals surface area contributed by atoms with Crippen LogP contribution in [-0.4, -0.2) is 36.9 Å². The first-order chi connectivity index (χ1) is 7.72. The number of rotatable bonds is 1. The number of piperazine rings is 1. The maximum atomic E-state index is 10.7. The first kappa shape index (κ1) is 13.1. The lowest BCUT2D eigenvalue weighted by atomic mass is 10.2. The summed E-state index contributed by atoms with van der Waals surface area (Å²) in [5.74, 6) is -0.0573. The molecule has 0 atom stereocenters. The monoisotopic (exact) mass is 241 g/mol. The van der Waals surface area contributed by atoms with Gasteiger partial charge in [0.2, 0.25) is 0 Å². The van der Waals surface area contributed by atoms with Gasteiger partial charge in [0.25, 0.3) is 0 Å². The quantitative estimate of drug-likeness (QED) is 0.572. The van der Waals surface area contributed by atoms with Crippen LogP contribution < -0.4 is 10.6 Å². The van der Waals surface area contributed by atoms with Crippen molar-refractivity contribution in [2.24, 2.45) is 0 Å². The van der Waals surface area contributed by atoms with E-state index in [1.807, 2.05) is 0 Å². The number of ketones is 1. The summed E-state index contributed by atoms with van der Waals surface area (Å²) in [4.78, 5) is 14.5. The van der Waals surface area contributed by atoms with Gasteiger partial charge in [0.1, 0.15) is 5.15 Å². The molecule has 0 bridgehead atoms. The van der Waals surface area contributed by atoms with Crippen LogP contribution in [0.2, 0.25) is 5.15 Å². The highest BCUT2D eigenvalue weighted by Crippen LogP contribution is 2.10. The van der Waals surface area contributed by atoms with Crippen LogP contribution >= 0.6 is 11.6 Å². The number of halogens is 1. The van der Waals surface area contributed by atoms with Crippen molar-refractivity contribution < 1.29 is 4.79 Å². The van der Waals surface area contributed by atoms with E-state index in [2.05, 4.69) is 15.6 Å². The van der Waals surface area contributed by atoms with E-state index in [1.54, 1.807) is 18.3 Å². The molecular weight excluding hydrogens is 226 g/mol. The molecule has 2 N–H and O–H groups in total. The molecule has 0 spiro atoms. The van der Waals surface area contributed by atoms with Crippen LogP contribution in [0.15, 0.2) is 18.3 Å².